The number of ether oxygens (including phenoxy) is 2. The Kier molecular flexibility index (Phi) is 25.7. The van der Waals surface area contributed by atoms with Crippen molar-refractivity contribution in [3.63, 3.8) is 0 Å². The van der Waals surface area contributed by atoms with Crippen LogP contribution in [0.15, 0.2) is 48.6 Å². The van der Waals surface area contributed by atoms with E-state index < -0.39 is 0 Å². The van der Waals surface area contributed by atoms with Gasteiger partial charge in [-0.1, -0.05) is 153 Å². The minimum atomic E-state index is -0.302. The molecule has 0 N–H and O–H groups in total. The van der Waals surface area contributed by atoms with E-state index in [4.69, 9.17) is 9.47 Å². The number of hydrogen-bond acceptors (Lipinski definition) is 2. The summed E-state index contributed by atoms with van der Waals surface area (Å²) in [5.41, 5.74) is 0. The molecule has 0 aromatic rings. The average Bonchev–Trinajstić information content (AvgIpc) is 3.41. The first-order valence-electron chi connectivity index (χ1n) is 21.1. The zero-order chi connectivity index (χ0) is 33.7. The van der Waals surface area contributed by atoms with Gasteiger partial charge in [0.15, 0.2) is 5.79 Å². The molecule has 0 spiro atoms. The van der Waals surface area contributed by atoms with Gasteiger partial charge in [0.05, 0.1) is 12.2 Å². The topological polar surface area (TPSA) is 18.5 Å². The second kappa shape index (κ2) is 28.7. The quantitative estimate of drug-likeness (QED) is 0.0568. The van der Waals surface area contributed by atoms with Gasteiger partial charge in [0.25, 0.3) is 0 Å². The highest BCUT2D eigenvalue weighted by Gasteiger charge is 2.49. The summed E-state index contributed by atoms with van der Waals surface area (Å²) in [6, 6.07) is 0. The third-order valence-electron chi connectivity index (χ3n) is 10.8. The summed E-state index contributed by atoms with van der Waals surface area (Å²) in [4.78, 5) is 0. The van der Waals surface area contributed by atoms with Gasteiger partial charge in [0.2, 0.25) is 0 Å². The van der Waals surface area contributed by atoms with Gasteiger partial charge in [-0.15, -0.1) is 0 Å². The highest BCUT2D eigenvalue weighted by molar-refractivity contribution is 4.94. The summed E-state index contributed by atoms with van der Waals surface area (Å²) in [6.07, 6.45) is 55.3. The Morgan fingerprint density at radius 3 is 1.11 bits per heavy atom. The lowest BCUT2D eigenvalue weighted by molar-refractivity contribution is -0.186. The molecule has 272 valence electrons. The zero-order valence-electron chi connectivity index (χ0n) is 32.0. The van der Waals surface area contributed by atoms with Gasteiger partial charge in [-0.3, -0.25) is 0 Å². The van der Waals surface area contributed by atoms with Crippen molar-refractivity contribution in [2.75, 3.05) is 0 Å². The van der Waals surface area contributed by atoms with Crippen LogP contribution in [0.2, 0.25) is 0 Å². The van der Waals surface area contributed by atoms with Gasteiger partial charge in [-0.2, -0.15) is 0 Å². The van der Waals surface area contributed by atoms with Crippen LogP contribution in [0.25, 0.3) is 0 Å². The van der Waals surface area contributed by atoms with Crippen LogP contribution in [-0.2, 0) is 9.47 Å². The molecule has 2 aliphatic rings. The molecule has 0 aromatic carbocycles. The van der Waals surface area contributed by atoms with Crippen molar-refractivity contribution in [3.05, 3.63) is 48.6 Å². The molecule has 47 heavy (non-hydrogen) atoms. The van der Waals surface area contributed by atoms with Crippen LogP contribution in [0.5, 0.6) is 0 Å². The molecule has 1 saturated heterocycles. The number of rotatable bonds is 30. The van der Waals surface area contributed by atoms with Crippen molar-refractivity contribution in [2.45, 2.75) is 225 Å². The minimum Gasteiger partial charge on any atom is -0.344 e. The normalized spacial score (nSPS) is 22.9. The zero-order valence-corrected chi connectivity index (χ0v) is 32.0. The molecular formula is C45H80O2. The molecule has 1 heterocycles. The first kappa shape index (κ1) is 42.0. The molecular weight excluding hydrogens is 572 g/mol. The second-order valence-electron chi connectivity index (χ2n) is 15.3. The van der Waals surface area contributed by atoms with Gasteiger partial charge in [0, 0.05) is 12.8 Å². The highest BCUT2D eigenvalue weighted by atomic mass is 16.8. The SMILES string of the molecule is CCCCC/C=C\C/C=C\CCCCCCCCC1(CCCCCCCC/C=C\C/C=C\CCCCC)O[C@H]2C[C@@H](C)[C@@H](C)C[C@@H]2O1. The van der Waals surface area contributed by atoms with Crippen LogP contribution in [0.3, 0.4) is 0 Å². The van der Waals surface area contributed by atoms with Crippen molar-refractivity contribution >= 4 is 0 Å². The average molecular weight is 653 g/mol. The van der Waals surface area contributed by atoms with E-state index >= 15 is 0 Å². The van der Waals surface area contributed by atoms with Crippen molar-refractivity contribution in [1.29, 1.82) is 0 Å². The lowest BCUT2D eigenvalue weighted by Gasteiger charge is -2.32. The first-order valence-corrected chi connectivity index (χ1v) is 21.1. The molecule has 0 bridgehead atoms. The van der Waals surface area contributed by atoms with Crippen LogP contribution in [0.4, 0.5) is 0 Å². The number of allylic oxidation sites excluding steroid dienone is 8. The monoisotopic (exact) mass is 653 g/mol. The Hall–Kier alpha value is -1.12. The van der Waals surface area contributed by atoms with E-state index in [1.54, 1.807) is 0 Å². The maximum atomic E-state index is 6.87. The summed E-state index contributed by atoms with van der Waals surface area (Å²) >= 11 is 0. The van der Waals surface area contributed by atoms with E-state index in [2.05, 4.69) is 76.3 Å². The molecule has 0 unspecified atom stereocenters. The Morgan fingerprint density at radius 2 is 0.745 bits per heavy atom. The Morgan fingerprint density at radius 1 is 0.426 bits per heavy atom. The van der Waals surface area contributed by atoms with E-state index in [-0.39, 0.29) is 5.79 Å². The van der Waals surface area contributed by atoms with Crippen molar-refractivity contribution in [1.82, 2.24) is 0 Å². The number of hydrogen-bond donors (Lipinski definition) is 0. The second-order valence-corrected chi connectivity index (χ2v) is 15.3. The standard InChI is InChI=1S/C45H80O2/c1-5-7-9-11-13-15-17-19-21-23-25-27-29-31-33-35-37-45(46-43-39-41(3)42(4)40-44(43)47-45)38-36-34-32-30-28-26-24-22-20-18-16-14-12-10-8-6-2/h13-16,19-22,41-44H,5-12,17-18,23-40H2,1-4H3/b15-13-,16-14-,21-19-,22-20-/t41-,42+,43-,44-/m0/s1. The fourth-order valence-corrected chi connectivity index (χ4v) is 7.45. The lowest BCUT2D eigenvalue weighted by atomic mass is 9.79. The molecule has 1 saturated carbocycles. The van der Waals surface area contributed by atoms with Gasteiger partial charge < -0.3 is 9.47 Å². The highest BCUT2D eigenvalue weighted by Crippen LogP contribution is 2.45. The Labute approximate surface area is 294 Å². The molecule has 0 amide bonds. The predicted molar refractivity (Wildman–Crippen MR) is 208 cm³/mol. The van der Waals surface area contributed by atoms with Crippen molar-refractivity contribution in [3.8, 4) is 0 Å². The van der Waals surface area contributed by atoms with Gasteiger partial charge in [0.1, 0.15) is 0 Å². The Balaban J connectivity index is 1.56. The fraction of sp³-hybridized carbons (Fsp3) is 0.822. The molecule has 2 nitrogen and oxygen atoms in total. The smallest absolute Gasteiger partial charge is 0.169 e. The van der Waals surface area contributed by atoms with E-state index in [9.17, 15) is 0 Å². The maximum Gasteiger partial charge on any atom is 0.169 e. The van der Waals surface area contributed by atoms with E-state index in [1.807, 2.05) is 0 Å². The van der Waals surface area contributed by atoms with E-state index in [1.165, 1.54) is 154 Å². The molecule has 1 aliphatic carbocycles. The minimum absolute atomic E-state index is 0.302. The third kappa shape index (κ3) is 20.9. The van der Waals surface area contributed by atoms with Crippen LogP contribution >= 0.6 is 0 Å². The lowest BCUT2D eigenvalue weighted by Crippen LogP contribution is -2.34. The van der Waals surface area contributed by atoms with Crippen LogP contribution in [0.1, 0.15) is 207 Å². The van der Waals surface area contributed by atoms with Crippen LogP contribution in [-0.4, -0.2) is 18.0 Å². The number of fused-ring (bicyclic) bond motifs is 1. The Bertz CT molecular complexity index is 754. The van der Waals surface area contributed by atoms with Crippen LogP contribution in [0, 0.1) is 11.8 Å². The summed E-state index contributed by atoms with van der Waals surface area (Å²) in [5, 5.41) is 0. The van der Waals surface area contributed by atoms with Crippen molar-refractivity contribution in [2.24, 2.45) is 11.8 Å². The maximum absolute atomic E-state index is 6.87. The summed E-state index contributed by atoms with van der Waals surface area (Å²) in [6.45, 7) is 9.37. The van der Waals surface area contributed by atoms with Crippen LogP contribution < -0.4 is 0 Å². The fourth-order valence-electron chi connectivity index (χ4n) is 7.45. The molecule has 0 aromatic heterocycles. The van der Waals surface area contributed by atoms with Gasteiger partial charge in [-0.05, 0) is 102 Å². The summed E-state index contributed by atoms with van der Waals surface area (Å²) in [5.74, 6) is 1.20. The number of unbranched alkanes of at least 4 members (excludes halogenated alkanes) is 18. The largest absolute Gasteiger partial charge is 0.344 e. The van der Waals surface area contributed by atoms with Crippen molar-refractivity contribution < 1.29 is 9.47 Å². The van der Waals surface area contributed by atoms with Gasteiger partial charge >= 0.3 is 0 Å². The molecule has 2 fully saturated rings. The predicted octanol–water partition coefficient (Wildman–Crippen LogP) is 14.9. The molecule has 4 atom stereocenters. The van der Waals surface area contributed by atoms with Gasteiger partial charge in [-0.25, -0.2) is 0 Å². The molecule has 2 rings (SSSR count). The van der Waals surface area contributed by atoms with E-state index in [0.29, 0.717) is 12.2 Å². The molecule has 0 radical (unpaired) electrons. The molecule has 2 heteroatoms. The summed E-state index contributed by atoms with van der Waals surface area (Å²) in [7, 11) is 0. The van der Waals surface area contributed by atoms with E-state index in [0.717, 1.165) is 37.5 Å². The third-order valence-corrected chi connectivity index (χ3v) is 10.8. The summed E-state index contributed by atoms with van der Waals surface area (Å²) < 4.78 is 13.7. The first-order chi connectivity index (χ1) is 23.1. The molecule has 1 aliphatic heterocycles.